The zero-order chi connectivity index (χ0) is 18.8. The summed E-state index contributed by atoms with van der Waals surface area (Å²) in [5.41, 5.74) is 2.43. The van der Waals surface area contributed by atoms with Gasteiger partial charge in [-0.2, -0.15) is 0 Å². The maximum atomic E-state index is 12.4. The lowest BCUT2D eigenvalue weighted by Crippen LogP contribution is -2.33. The third-order valence-electron chi connectivity index (χ3n) is 4.42. The summed E-state index contributed by atoms with van der Waals surface area (Å²) in [4.78, 5) is 37.0. The van der Waals surface area contributed by atoms with Gasteiger partial charge < -0.3 is 19.7 Å². The van der Waals surface area contributed by atoms with Crippen molar-refractivity contribution in [3.63, 3.8) is 0 Å². The number of hydrogen-bond acceptors (Lipinski definition) is 4. The average Bonchev–Trinajstić information content (AvgIpc) is 3.05. The Kier molecular flexibility index (Phi) is 4.79. The van der Waals surface area contributed by atoms with Crippen LogP contribution in [0.4, 0.5) is 11.4 Å². The molecule has 0 spiro atoms. The van der Waals surface area contributed by atoms with Gasteiger partial charge in [0, 0.05) is 37.3 Å². The van der Waals surface area contributed by atoms with Crippen molar-refractivity contribution in [1.82, 2.24) is 0 Å². The average molecular weight is 356 g/mol. The molecule has 0 saturated heterocycles. The number of furan rings is 1. The predicted octanol–water partition coefficient (Wildman–Crippen LogP) is 3.09. The van der Waals surface area contributed by atoms with Crippen LogP contribution in [0.3, 0.4) is 0 Å². The van der Waals surface area contributed by atoms with Gasteiger partial charge in [-0.15, -0.1) is 0 Å². The van der Waals surface area contributed by atoms with Gasteiger partial charge in [-0.05, 0) is 36.6 Å². The first-order valence-electron chi connectivity index (χ1n) is 8.49. The van der Waals surface area contributed by atoms with Crippen LogP contribution in [0, 0.1) is 0 Å². The summed E-state index contributed by atoms with van der Waals surface area (Å²) >= 11 is 0. The van der Waals surface area contributed by atoms with Crippen LogP contribution in [0.25, 0.3) is 0 Å². The molecular formula is C19H20N2O5. The van der Waals surface area contributed by atoms with Crippen molar-refractivity contribution < 1.29 is 23.9 Å². The smallest absolute Gasteiger partial charge is 0.339 e. The van der Waals surface area contributed by atoms with Gasteiger partial charge in [-0.3, -0.25) is 9.59 Å². The maximum absolute atomic E-state index is 12.4. The monoisotopic (exact) mass is 356 g/mol. The largest absolute Gasteiger partial charge is 0.478 e. The van der Waals surface area contributed by atoms with Crippen molar-refractivity contribution in [3.8, 4) is 0 Å². The van der Waals surface area contributed by atoms with Gasteiger partial charge in [0.25, 0.3) is 5.91 Å². The van der Waals surface area contributed by atoms with Crippen LogP contribution in [0.5, 0.6) is 0 Å². The lowest BCUT2D eigenvalue weighted by molar-refractivity contribution is -0.116. The van der Waals surface area contributed by atoms with Gasteiger partial charge >= 0.3 is 5.97 Å². The SMILES string of the molecule is CCc1oc(C(=O)Nc2ccc3c(c2)CCCN3C(C)=O)cc1C(=O)O. The molecule has 1 aliphatic heterocycles. The number of nitrogens with zero attached hydrogens (tertiary/aromatic N) is 1. The zero-order valence-corrected chi connectivity index (χ0v) is 14.7. The van der Waals surface area contributed by atoms with E-state index in [1.807, 2.05) is 12.1 Å². The number of anilines is 2. The highest BCUT2D eigenvalue weighted by Crippen LogP contribution is 2.30. The van der Waals surface area contributed by atoms with E-state index >= 15 is 0 Å². The molecule has 0 fully saturated rings. The lowest BCUT2D eigenvalue weighted by Gasteiger charge is -2.28. The van der Waals surface area contributed by atoms with E-state index < -0.39 is 11.9 Å². The van der Waals surface area contributed by atoms with Crippen molar-refractivity contribution in [3.05, 3.63) is 46.9 Å². The summed E-state index contributed by atoms with van der Waals surface area (Å²) < 4.78 is 5.37. The van der Waals surface area contributed by atoms with Crippen molar-refractivity contribution >= 4 is 29.2 Å². The summed E-state index contributed by atoms with van der Waals surface area (Å²) in [5.74, 6) is -1.41. The third kappa shape index (κ3) is 3.33. The van der Waals surface area contributed by atoms with E-state index in [1.54, 1.807) is 17.9 Å². The minimum atomic E-state index is -1.12. The van der Waals surface area contributed by atoms with E-state index in [0.717, 1.165) is 24.1 Å². The van der Waals surface area contributed by atoms with Gasteiger partial charge in [-0.25, -0.2) is 4.79 Å². The Balaban J connectivity index is 1.82. The molecule has 3 rings (SSSR count). The van der Waals surface area contributed by atoms with Crippen molar-refractivity contribution in [2.24, 2.45) is 0 Å². The maximum Gasteiger partial charge on any atom is 0.339 e. The van der Waals surface area contributed by atoms with Crippen LogP contribution < -0.4 is 10.2 Å². The Labute approximate surface area is 150 Å². The van der Waals surface area contributed by atoms with Gasteiger partial charge in [0.05, 0.1) is 0 Å². The molecule has 0 atom stereocenters. The molecule has 0 aliphatic carbocycles. The van der Waals surface area contributed by atoms with E-state index in [2.05, 4.69) is 5.32 Å². The molecule has 0 bridgehead atoms. The summed E-state index contributed by atoms with van der Waals surface area (Å²) in [6.07, 6.45) is 2.07. The number of fused-ring (bicyclic) bond motifs is 1. The van der Waals surface area contributed by atoms with Crippen molar-refractivity contribution in [2.75, 3.05) is 16.8 Å². The van der Waals surface area contributed by atoms with E-state index in [0.29, 0.717) is 18.7 Å². The molecule has 2 heterocycles. The minimum Gasteiger partial charge on any atom is -0.478 e. The first-order chi connectivity index (χ1) is 12.4. The van der Waals surface area contributed by atoms with Crippen LogP contribution in [0.1, 0.15) is 52.5 Å². The Morgan fingerprint density at radius 1 is 1.27 bits per heavy atom. The Bertz CT molecular complexity index is 884. The van der Waals surface area contributed by atoms with Crippen molar-refractivity contribution in [1.29, 1.82) is 0 Å². The first kappa shape index (κ1) is 17.7. The molecule has 2 N–H and O–H groups in total. The number of aromatic carboxylic acids is 1. The number of aryl methyl sites for hydroxylation is 2. The lowest BCUT2D eigenvalue weighted by atomic mass is 10.0. The second-order valence-electron chi connectivity index (χ2n) is 6.18. The van der Waals surface area contributed by atoms with Gasteiger partial charge in [0.2, 0.25) is 5.91 Å². The van der Waals surface area contributed by atoms with Crippen LogP contribution in [-0.2, 0) is 17.6 Å². The molecule has 7 nitrogen and oxygen atoms in total. The third-order valence-corrected chi connectivity index (χ3v) is 4.42. The Morgan fingerprint density at radius 2 is 2.04 bits per heavy atom. The standard InChI is InChI=1S/C19H20N2O5/c1-3-16-14(19(24)25)10-17(26-16)18(23)20-13-6-7-15-12(9-13)5-4-8-21(15)11(2)22/h6-7,9-10H,3-5,8H2,1-2H3,(H,20,23)(H,24,25). The molecule has 0 saturated carbocycles. The molecule has 26 heavy (non-hydrogen) atoms. The normalized spacial score (nSPS) is 13.2. The Hall–Kier alpha value is -3.09. The van der Waals surface area contributed by atoms with E-state index in [4.69, 9.17) is 9.52 Å². The number of hydrogen-bond donors (Lipinski definition) is 2. The van der Waals surface area contributed by atoms with Gasteiger partial charge in [0.1, 0.15) is 11.3 Å². The zero-order valence-electron chi connectivity index (χ0n) is 14.7. The highest BCUT2D eigenvalue weighted by atomic mass is 16.4. The highest BCUT2D eigenvalue weighted by molar-refractivity contribution is 6.04. The van der Waals surface area contributed by atoms with E-state index in [-0.39, 0.29) is 23.0 Å². The number of rotatable bonds is 4. The molecule has 1 aliphatic rings. The molecule has 1 aromatic carbocycles. The predicted molar refractivity (Wildman–Crippen MR) is 95.8 cm³/mol. The van der Waals surface area contributed by atoms with E-state index in [9.17, 15) is 14.4 Å². The minimum absolute atomic E-state index is 0.000177. The molecule has 7 heteroatoms. The fraction of sp³-hybridized carbons (Fsp3) is 0.316. The molecule has 136 valence electrons. The molecule has 1 aromatic heterocycles. The molecular weight excluding hydrogens is 336 g/mol. The number of nitrogens with one attached hydrogen (secondary N) is 1. The van der Waals surface area contributed by atoms with Crippen LogP contribution >= 0.6 is 0 Å². The second-order valence-corrected chi connectivity index (χ2v) is 6.18. The number of carboxylic acid groups (broad SMARTS) is 1. The number of benzene rings is 1. The topological polar surface area (TPSA) is 99.9 Å². The fourth-order valence-electron chi connectivity index (χ4n) is 3.18. The number of amides is 2. The van der Waals surface area contributed by atoms with Crippen LogP contribution in [-0.4, -0.2) is 29.4 Å². The van der Waals surface area contributed by atoms with Crippen molar-refractivity contribution in [2.45, 2.75) is 33.1 Å². The number of carboxylic acids is 1. The first-order valence-corrected chi connectivity index (χ1v) is 8.49. The second kappa shape index (κ2) is 7.03. The van der Waals surface area contributed by atoms with Gasteiger partial charge in [-0.1, -0.05) is 6.92 Å². The molecule has 0 radical (unpaired) electrons. The molecule has 2 amide bonds. The quantitative estimate of drug-likeness (QED) is 0.877. The van der Waals surface area contributed by atoms with Crippen LogP contribution in [0.15, 0.2) is 28.7 Å². The summed E-state index contributed by atoms with van der Waals surface area (Å²) in [6, 6.07) is 6.62. The number of carbonyl (C=O) groups excluding carboxylic acids is 2. The summed E-state index contributed by atoms with van der Waals surface area (Å²) in [7, 11) is 0. The fourth-order valence-corrected chi connectivity index (χ4v) is 3.18. The van der Waals surface area contributed by atoms with Crippen LogP contribution in [0.2, 0.25) is 0 Å². The van der Waals surface area contributed by atoms with Gasteiger partial charge in [0.15, 0.2) is 5.76 Å². The summed E-state index contributed by atoms with van der Waals surface area (Å²) in [5, 5.41) is 11.9. The number of carbonyl (C=O) groups is 3. The Morgan fingerprint density at radius 3 is 2.65 bits per heavy atom. The highest BCUT2D eigenvalue weighted by Gasteiger charge is 2.22. The molecule has 2 aromatic rings. The molecule has 0 unspecified atom stereocenters. The van der Waals surface area contributed by atoms with E-state index in [1.165, 1.54) is 13.0 Å². The summed E-state index contributed by atoms with van der Waals surface area (Å²) in [6.45, 7) is 3.99.